The van der Waals surface area contributed by atoms with Gasteiger partial charge in [-0.15, -0.1) is 22.7 Å². The molecule has 0 radical (unpaired) electrons. The lowest BCUT2D eigenvalue weighted by Crippen LogP contribution is -1.56. The average Bonchev–Trinajstić information content (AvgIpc) is 2.80. The highest BCUT2D eigenvalue weighted by Gasteiger charge is 1.90. The number of fused-ring (bicyclic) bond motifs is 1. The molecule has 15 heavy (non-hydrogen) atoms. The van der Waals surface area contributed by atoms with Crippen LogP contribution in [0.2, 0.25) is 0 Å². The molecular formula is C12H10OS2. The summed E-state index contributed by atoms with van der Waals surface area (Å²) in [7, 11) is 0. The second-order valence-electron chi connectivity index (χ2n) is 2.91. The van der Waals surface area contributed by atoms with E-state index in [4.69, 9.17) is 5.11 Å². The van der Waals surface area contributed by atoms with E-state index < -0.39 is 0 Å². The normalized spacial score (nSPS) is 9.60. The Morgan fingerprint density at radius 1 is 0.733 bits per heavy atom. The maximum atomic E-state index is 8.63. The van der Waals surface area contributed by atoms with E-state index in [0.29, 0.717) is 5.75 Å². The first-order valence-corrected chi connectivity index (χ1v) is 6.27. The molecule has 3 aromatic rings. The average molecular weight is 234 g/mol. The predicted octanol–water partition coefficient (Wildman–Crippen LogP) is 4.36. The molecule has 1 N–H and O–H groups in total. The Morgan fingerprint density at radius 3 is 1.67 bits per heavy atom. The minimum Gasteiger partial charge on any atom is -0.508 e. The number of aromatic hydroxyl groups is 1. The number of hydrogen-bond acceptors (Lipinski definition) is 3. The number of benzene rings is 1. The van der Waals surface area contributed by atoms with Gasteiger partial charge in [0.2, 0.25) is 0 Å². The monoisotopic (exact) mass is 234 g/mol. The molecule has 1 aromatic carbocycles. The van der Waals surface area contributed by atoms with Gasteiger partial charge in [-0.1, -0.05) is 18.2 Å². The van der Waals surface area contributed by atoms with Gasteiger partial charge in [0.25, 0.3) is 0 Å². The van der Waals surface area contributed by atoms with Crippen molar-refractivity contribution in [1.82, 2.24) is 0 Å². The third kappa shape index (κ3) is 2.81. The van der Waals surface area contributed by atoms with Gasteiger partial charge >= 0.3 is 0 Å². The Morgan fingerprint density at radius 2 is 1.27 bits per heavy atom. The van der Waals surface area contributed by atoms with Gasteiger partial charge in [0, 0.05) is 9.40 Å². The third-order valence-electron chi connectivity index (χ3n) is 1.83. The van der Waals surface area contributed by atoms with E-state index in [1.807, 2.05) is 6.07 Å². The standard InChI is InChI=1S/C6H6O.C6H4S2/c7-6-4-2-1-3-5-6;1-3-7-6-2-4-8-5(1)6/h1-5,7H;1-4H. The highest BCUT2D eigenvalue weighted by Crippen LogP contribution is 2.25. The van der Waals surface area contributed by atoms with Crippen molar-refractivity contribution in [3.63, 3.8) is 0 Å². The summed E-state index contributed by atoms with van der Waals surface area (Å²) >= 11 is 3.61. The summed E-state index contributed by atoms with van der Waals surface area (Å²) in [5.41, 5.74) is 0. The third-order valence-corrected chi connectivity index (χ3v) is 3.72. The van der Waals surface area contributed by atoms with Crippen molar-refractivity contribution in [1.29, 1.82) is 0 Å². The largest absolute Gasteiger partial charge is 0.508 e. The molecule has 3 rings (SSSR count). The lowest BCUT2D eigenvalue weighted by atomic mass is 10.3. The molecule has 1 nitrogen and oxygen atoms in total. The van der Waals surface area contributed by atoms with Crippen LogP contribution in [-0.2, 0) is 0 Å². The van der Waals surface area contributed by atoms with E-state index in [1.54, 1.807) is 46.9 Å². The first-order chi connectivity index (χ1) is 7.36. The summed E-state index contributed by atoms with van der Waals surface area (Å²) in [6, 6.07) is 13.0. The highest BCUT2D eigenvalue weighted by atomic mass is 32.1. The molecule has 76 valence electrons. The predicted molar refractivity (Wildman–Crippen MR) is 67.8 cm³/mol. The van der Waals surface area contributed by atoms with Crippen LogP contribution in [0.1, 0.15) is 0 Å². The molecule has 0 saturated carbocycles. The minimum atomic E-state index is 0.322. The summed E-state index contributed by atoms with van der Waals surface area (Å²) in [6.07, 6.45) is 0. The number of para-hydroxylation sites is 1. The first-order valence-electron chi connectivity index (χ1n) is 4.51. The van der Waals surface area contributed by atoms with Crippen molar-refractivity contribution < 1.29 is 5.11 Å². The van der Waals surface area contributed by atoms with Gasteiger partial charge in [-0.2, -0.15) is 0 Å². The smallest absolute Gasteiger partial charge is 0.115 e. The fraction of sp³-hybridized carbons (Fsp3) is 0. The van der Waals surface area contributed by atoms with Crippen LogP contribution in [0.5, 0.6) is 5.75 Å². The second-order valence-corrected chi connectivity index (χ2v) is 4.80. The molecule has 0 aliphatic rings. The summed E-state index contributed by atoms with van der Waals surface area (Å²) in [5, 5.41) is 12.9. The molecule has 0 atom stereocenters. The zero-order valence-electron chi connectivity index (χ0n) is 7.96. The van der Waals surface area contributed by atoms with Gasteiger partial charge in [-0.3, -0.25) is 0 Å². The summed E-state index contributed by atoms with van der Waals surface area (Å²) in [5.74, 6) is 0.322. The maximum absolute atomic E-state index is 8.63. The fourth-order valence-electron chi connectivity index (χ4n) is 1.13. The van der Waals surface area contributed by atoms with Gasteiger partial charge in [-0.25, -0.2) is 0 Å². The van der Waals surface area contributed by atoms with Crippen molar-refractivity contribution in [2.24, 2.45) is 0 Å². The fourth-order valence-corrected chi connectivity index (χ4v) is 2.95. The molecule has 0 unspecified atom stereocenters. The minimum absolute atomic E-state index is 0.322. The quantitative estimate of drug-likeness (QED) is 0.613. The molecule has 0 amide bonds. The second kappa shape index (κ2) is 4.96. The molecule has 2 aromatic heterocycles. The lowest BCUT2D eigenvalue weighted by molar-refractivity contribution is 0.475. The molecule has 2 heterocycles. The molecule has 0 aliphatic carbocycles. The van der Waals surface area contributed by atoms with Gasteiger partial charge in [0.1, 0.15) is 5.75 Å². The Kier molecular flexibility index (Phi) is 3.37. The van der Waals surface area contributed by atoms with Crippen LogP contribution < -0.4 is 0 Å². The number of hydrogen-bond donors (Lipinski definition) is 1. The van der Waals surface area contributed by atoms with Crippen molar-refractivity contribution in [2.45, 2.75) is 0 Å². The highest BCUT2D eigenvalue weighted by molar-refractivity contribution is 7.25. The summed E-state index contributed by atoms with van der Waals surface area (Å²) < 4.78 is 2.82. The SMILES string of the molecule is Oc1ccccc1.c1cc2sccc2s1. The van der Waals surface area contributed by atoms with E-state index in [2.05, 4.69) is 22.9 Å². The maximum Gasteiger partial charge on any atom is 0.115 e. The molecule has 3 heteroatoms. The Labute approximate surface area is 96.3 Å². The van der Waals surface area contributed by atoms with Crippen LogP contribution in [0, 0.1) is 0 Å². The Bertz CT molecular complexity index is 459. The van der Waals surface area contributed by atoms with Crippen LogP contribution in [0.3, 0.4) is 0 Å². The Balaban J connectivity index is 0.000000115. The van der Waals surface area contributed by atoms with Crippen molar-refractivity contribution in [3.8, 4) is 5.75 Å². The van der Waals surface area contributed by atoms with Gasteiger partial charge < -0.3 is 5.11 Å². The zero-order valence-corrected chi connectivity index (χ0v) is 9.59. The molecule has 0 saturated heterocycles. The Hall–Kier alpha value is -1.32. The zero-order chi connectivity index (χ0) is 10.5. The van der Waals surface area contributed by atoms with Crippen LogP contribution in [-0.4, -0.2) is 5.11 Å². The number of phenolic OH excluding ortho intramolecular Hbond substituents is 1. The summed E-state index contributed by atoms with van der Waals surface area (Å²) in [6.45, 7) is 0. The molecule has 0 fully saturated rings. The van der Waals surface area contributed by atoms with Crippen LogP contribution in [0.25, 0.3) is 9.40 Å². The van der Waals surface area contributed by atoms with Crippen LogP contribution in [0.15, 0.2) is 53.2 Å². The molecule has 0 spiro atoms. The van der Waals surface area contributed by atoms with E-state index in [9.17, 15) is 0 Å². The van der Waals surface area contributed by atoms with Crippen molar-refractivity contribution >= 4 is 32.1 Å². The van der Waals surface area contributed by atoms with Crippen molar-refractivity contribution in [3.05, 3.63) is 53.2 Å². The van der Waals surface area contributed by atoms with Gasteiger partial charge in [-0.05, 0) is 35.0 Å². The number of phenols is 1. The number of thiophene rings is 2. The van der Waals surface area contributed by atoms with Gasteiger partial charge in [0.05, 0.1) is 0 Å². The van der Waals surface area contributed by atoms with Gasteiger partial charge in [0.15, 0.2) is 0 Å². The molecule has 0 aliphatic heterocycles. The molecule has 0 bridgehead atoms. The number of rotatable bonds is 0. The van der Waals surface area contributed by atoms with Crippen LogP contribution >= 0.6 is 22.7 Å². The van der Waals surface area contributed by atoms with E-state index in [0.717, 1.165) is 0 Å². The first kappa shape index (κ1) is 10.2. The van der Waals surface area contributed by atoms with E-state index >= 15 is 0 Å². The molecular weight excluding hydrogens is 224 g/mol. The lowest BCUT2D eigenvalue weighted by Gasteiger charge is -1.82. The topological polar surface area (TPSA) is 20.2 Å². The van der Waals surface area contributed by atoms with Crippen LogP contribution in [0.4, 0.5) is 0 Å². The van der Waals surface area contributed by atoms with E-state index in [1.165, 1.54) is 9.40 Å². The summed E-state index contributed by atoms with van der Waals surface area (Å²) in [4.78, 5) is 0. The van der Waals surface area contributed by atoms with E-state index in [-0.39, 0.29) is 0 Å². The van der Waals surface area contributed by atoms with Crippen molar-refractivity contribution in [2.75, 3.05) is 0 Å².